The third-order valence-electron chi connectivity index (χ3n) is 2.50. The molecule has 2 aromatic rings. The Hall–Kier alpha value is -2.90. The lowest BCUT2D eigenvalue weighted by Gasteiger charge is -2.06. The topological polar surface area (TPSA) is 79.3 Å². The predicted octanol–water partition coefficient (Wildman–Crippen LogP) is 2.45. The lowest BCUT2D eigenvalue weighted by atomic mass is 10.2. The number of pyridine rings is 1. The van der Waals surface area contributed by atoms with E-state index in [9.17, 15) is 22.8 Å². The molecule has 0 atom stereocenters. The first-order valence-corrected chi connectivity index (χ1v) is 5.53. The highest BCUT2D eigenvalue weighted by atomic mass is 19.2. The monoisotopic (exact) mass is 296 g/mol. The van der Waals surface area contributed by atoms with Gasteiger partial charge in [-0.05, 0) is 12.1 Å². The number of aromatic nitrogens is 1. The zero-order chi connectivity index (χ0) is 15.6. The molecule has 0 aliphatic carbocycles. The van der Waals surface area contributed by atoms with E-state index >= 15 is 0 Å². The molecule has 1 aromatic carbocycles. The van der Waals surface area contributed by atoms with Gasteiger partial charge in [-0.3, -0.25) is 9.78 Å². The number of nitrogens with one attached hydrogen (secondary N) is 1. The van der Waals surface area contributed by atoms with Gasteiger partial charge in [0.25, 0.3) is 5.91 Å². The van der Waals surface area contributed by atoms with Crippen LogP contribution in [-0.4, -0.2) is 22.0 Å². The summed E-state index contributed by atoms with van der Waals surface area (Å²) in [6.07, 6.45) is 0.943. The van der Waals surface area contributed by atoms with Crippen LogP contribution in [0.1, 0.15) is 20.8 Å². The SMILES string of the molecule is O=C(O)c1ccc(C(=O)Nc2cc(F)c(F)cc2F)nc1. The Balaban J connectivity index is 2.22. The van der Waals surface area contributed by atoms with Gasteiger partial charge in [-0.1, -0.05) is 0 Å². The van der Waals surface area contributed by atoms with Crippen LogP contribution in [-0.2, 0) is 0 Å². The molecule has 0 bridgehead atoms. The van der Waals surface area contributed by atoms with Crippen molar-refractivity contribution >= 4 is 17.6 Å². The van der Waals surface area contributed by atoms with Gasteiger partial charge in [-0.2, -0.15) is 0 Å². The van der Waals surface area contributed by atoms with E-state index in [2.05, 4.69) is 4.98 Å². The van der Waals surface area contributed by atoms with Crippen LogP contribution in [0.2, 0.25) is 0 Å². The number of nitrogens with zero attached hydrogens (tertiary/aromatic N) is 1. The molecule has 0 saturated heterocycles. The number of hydrogen-bond acceptors (Lipinski definition) is 3. The average molecular weight is 296 g/mol. The number of hydrogen-bond donors (Lipinski definition) is 2. The summed E-state index contributed by atoms with van der Waals surface area (Å²) in [5, 5.41) is 10.7. The van der Waals surface area contributed by atoms with E-state index in [4.69, 9.17) is 5.11 Å². The highest BCUT2D eigenvalue weighted by Crippen LogP contribution is 2.19. The summed E-state index contributed by atoms with van der Waals surface area (Å²) in [5.74, 6) is -5.96. The summed E-state index contributed by atoms with van der Waals surface area (Å²) in [7, 11) is 0. The highest BCUT2D eigenvalue weighted by Gasteiger charge is 2.14. The molecule has 0 saturated carbocycles. The van der Waals surface area contributed by atoms with Crippen molar-refractivity contribution in [2.24, 2.45) is 0 Å². The molecule has 2 N–H and O–H groups in total. The third kappa shape index (κ3) is 3.16. The Labute approximate surface area is 116 Å². The maximum atomic E-state index is 13.4. The van der Waals surface area contributed by atoms with Gasteiger partial charge in [0.05, 0.1) is 11.3 Å². The molecule has 0 radical (unpaired) electrons. The lowest BCUT2D eigenvalue weighted by Crippen LogP contribution is -2.15. The van der Waals surface area contributed by atoms with Gasteiger partial charge >= 0.3 is 5.97 Å². The Morgan fingerprint density at radius 1 is 1.05 bits per heavy atom. The second-order valence-electron chi connectivity index (χ2n) is 3.94. The van der Waals surface area contributed by atoms with Crippen molar-refractivity contribution in [3.8, 4) is 0 Å². The van der Waals surface area contributed by atoms with Crippen molar-refractivity contribution < 1.29 is 27.9 Å². The Morgan fingerprint density at radius 3 is 2.29 bits per heavy atom. The van der Waals surface area contributed by atoms with Crippen molar-refractivity contribution in [3.05, 3.63) is 59.2 Å². The maximum absolute atomic E-state index is 13.4. The molecule has 5 nitrogen and oxygen atoms in total. The number of carbonyl (C=O) groups excluding carboxylic acids is 1. The predicted molar refractivity (Wildman–Crippen MR) is 65.5 cm³/mol. The number of aromatic carboxylic acids is 1. The van der Waals surface area contributed by atoms with Crippen LogP contribution in [0.15, 0.2) is 30.5 Å². The van der Waals surface area contributed by atoms with Gasteiger partial charge in [-0.15, -0.1) is 0 Å². The van der Waals surface area contributed by atoms with Crippen molar-refractivity contribution in [1.82, 2.24) is 4.98 Å². The minimum Gasteiger partial charge on any atom is -0.478 e. The molecular weight excluding hydrogens is 289 g/mol. The number of carboxylic acid groups (broad SMARTS) is 1. The minimum atomic E-state index is -1.38. The van der Waals surface area contributed by atoms with E-state index in [1.165, 1.54) is 0 Å². The van der Waals surface area contributed by atoms with Gasteiger partial charge < -0.3 is 10.4 Å². The van der Waals surface area contributed by atoms with Crippen LogP contribution in [0.5, 0.6) is 0 Å². The van der Waals surface area contributed by atoms with E-state index in [-0.39, 0.29) is 11.3 Å². The smallest absolute Gasteiger partial charge is 0.337 e. The van der Waals surface area contributed by atoms with Crippen LogP contribution >= 0.6 is 0 Å². The van der Waals surface area contributed by atoms with Crippen molar-refractivity contribution in [2.45, 2.75) is 0 Å². The first-order valence-electron chi connectivity index (χ1n) is 5.53. The standard InChI is InChI=1S/C13H7F3N2O3/c14-7-3-9(16)11(4-8(7)15)18-12(19)10-2-1-6(5-17-10)13(20)21/h1-5H,(H,18,19)(H,20,21). The second kappa shape index (κ2) is 5.61. The minimum absolute atomic E-state index is 0.134. The van der Waals surface area contributed by atoms with Crippen LogP contribution in [0.3, 0.4) is 0 Å². The number of carboxylic acids is 1. The molecule has 1 aromatic heterocycles. The second-order valence-corrected chi connectivity index (χ2v) is 3.94. The van der Waals surface area contributed by atoms with Crippen LogP contribution in [0.4, 0.5) is 18.9 Å². The summed E-state index contributed by atoms with van der Waals surface area (Å²) >= 11 is 0. The Bertz CT molecular complexity index is 717. The van der Waals surface area contributed by atoms with Crippen molar-refractivity contribution in [1.29, 1.82) is 0 Å². The van der Waals surface area contributed by atoms with E-state index in [0.29, 0.717) is 12.1 Å². The van der Waals surface area contributed by atoms with Gasteiger partial charge in [0, 0.05) is 18.3 Å². The van der Waals surface area contributed by atoms with Crippen LogP contribution in [0, 0.1) is 17.5 Å². The van der Waals surface area contributed by atoms with Crippen LogP contribution < -0.4 is 5.32 Å². The molecule has 0 spiro atoms. The molecule has 0 aliphatic heterocycles. The highest BCUT2D eigenvalue weighted by molar-refractivity contribution is 6.03. The zero-order valence-electron chi connectivity index (χ0n) is 10.2. The summed E-state index contributed by atoms with van der Waals surface area (Å²) in [4.78, 5) is 25.9. The number of rotatable bonds is 3. The number of amides is 1. The normalized spacial score (nSPS) is 10.2. The molecule has 108 valence electrons. The lowest BCUT2D eigenvalue weighted by molar-refractivity contribution is 0.0695. The molecular formula is C13H7F3N2O3. The number of benzene rings is 1. The van der Waals surface area contributed by atoms with Gasteiger partial charge in [0.15, 0.2) is 11.6 Å². The first kappa shape index (κ1) is 14.5. The summed E-state index contributed by atoms with van der Waals surface area (Å²) in [6, 6.07) is 3.03. The Morgan fingerprint density at radius 2 is 1.71 bits per heavy atom. The summed E-state index contributed by atoms with van der Waals surface area (Å²) in [6.45, 7) is 0. The van der Waals surface area contributed by atoms with Crippen LogP contribution in [0.25, 0.3) is 0 Å². The number of anilines is 1. The van der Waals surface area contributed by atoms with E-state index in [0.717, 1.165) is 18.3 Å². The van der Waals surface area contributed by atoms with E-state index in [1.54, 1.807) is 0 Å². The molecule has 0 fully saturated rings. The molecule has 1 amide bonds. The van der Waals surface area contributed by atoms with Gasteiger partial charge in [0.1, 0.15) is 11.5 Å². The number of halogens is 3. The summed E-state index contributed by atoms with van der Waals surface area (Å²) < 4.78 is 39.1. The fourth-order valence-electron chi connectivity index (χ4n) is 1.46. The first-order chi connectivity index (χ1) is 9.88. The van der Waals surface area contributed by atoms with Crippen molar-refractivity contribution in [2.75, 3.05) is 5.32 Å². The maximum Gasteiger partial charge on any atom is 0.337 e. The average Bonchev–Trinajstić information content (AvgIpc) is 2.44. The molecule has 1 heterocycles. The van der Waals surface area contributed by atoms with Crippen molar-refractivity contribution in [3.63, 3.8) is 0 Å². The molecule has 21 heavy (non-hydrogen) atoms. The summed E-state index contributed by atoms with van der Waals surface area (Å²) in [5.41, 5.74) is -0.891. The fourth-order valence-corrected chi connectivity index (χ4v) is 1.46. The van der Waals surface area contributed by atoms with Gasteiger partial charge in [0.2, 0.25) is 0 Å². The zero-order valence-corrected chi connectivity index (χ0v) is 10.2. The fraction of sp³-hybridized carbons (Fsp3) is 0. The largest absolute Gasteiger partial charge is 0.478 e. The number of carbonyl (C=O) groups is 2. The van der Waals surface area contributed by atoms with Gasteiger partial charge in [-0.25, -0.2) is 18.0 Å². The molecule has 8 heteroatoms. The Kier molecular flexibility index (Phi) is 3.88. The van der Waals surface area contributed by atoms with E-state index < -0.39 is 35.0 Å². The quantitative estimate of drug-likeness (QED) is 0.853. The third-order valence-corrected chi connectivity index (χ3v) is 2.50. The molecule has 0 aliphatic rings. The van der Waals surface area contributed by atoms with E-state index in [1.807, 2.05) is 5.32 Å². The molecule has 2 rings (SSSR count). The molecule has 0 unspecified atom stereocenters.